The maximum atomic E-state index is 13.8. The highest BCUT2D eigenvalue weighted by atomic mass is 35.5. The fourth-order valence-corrected chi connectivity index (χ4v) is 3.04. The molecule has 0 aliphatic carbocycles. The Bertz CT molecular complexity index is 1120. The van der Waals surface area contributed by atoms with Crippen molar-refractivity contribution < 1.29 is 22.3 Å². The van der Waals surface area contributed by atoms with Gasteiger partial charge in [-0.15, -0.1) is 0 Å². The second-order valence-electron chi connectivity index (χ2n) is 5.39. The number of hydrogen-bond donors (Lipinski definition) is 1. The molecule has 1 aromatic heterocycles. The zero-order valence-electron chi connectivity index (χ0n) is 13.1. The number of primary sulfonamides is 1. The first kappa shape index (κ1) is 18.2. The van der Waals surface area contributed by atoms with Crippen LogP contribution < -0.4 is 5.14 Å². The molecule has 0 spiro atoms. The zero-order valence-corrected chi connectivity index (χ0v) is 14.7. The third-order valence-corrected chi connectivity index (χ3v) is 4.83. The molecule has 0 aliphatic rings. The van der Waals surface area contributed by atoms with Gasteiger partial charge in [-0.1, -0.05) is 29.8 Å². The normalized spacial score (nSPS) is 11.5. The number of ether oxygens (including phenoxy) is 1. The van der Waals surface area contributed by atoms with Gasteiger partial charge >= 0.3 is 5.97 Å². The standard InChI is InChI=1S/C17H12ClFN2O4S/c18-16-11(7-10-3-1-2-4-15(10)21-16)9-25-17(22)13-8-12(26(20,23)24)5-6-14(13)19/h1-8H,9H2,(H2,20,23,24). The molecule has 0 fully saturated rings. The highest BCUT2D eigenvalue weighted by Crippen LogP contribution is 2.22. The maximum absolute atomic E-state index is 13.8. The van der Waals surface area contributed by atoms with E-state index in [1.165, 1.54) is 0 Å². The van der Waals surface area contributed by atoms with Crippen LogP contribution in [0.3, 0.4) is 0 Å². The molecule has 0 bridgehead atoms. The molecule has 26 heavy (non-hydrogen) atoms. The molecular weight excluding hydrogens is 383 g/mol. The van der Waals surface area contributed by atoms with Crippen LogP contribution in [0, 0.1) is 5.82 Å². The minimum absolute atomic E-state index is 0.148. The van der Waals surface area contributed by atoms with E-state index < -0.39 is 32.3 Å². The lowest BCUT2D eigenvalue weighted by Gasteiger charge is -2.09. The topological polar surface area (TPSA) is 99.4 Å². The van der Waals surface area contributed by atoms with E-state index in [1.807, 2.05) is 18.2 Å². The number of aromatic nitrogens is 1. The molecule has 0 saturated heterocycles. The maximum Gasteiger partial charge on any atom is 0.341 e. The number of hydrogen-bond acceptors (Lipinski definition) is 5. The van der Waals surface area contributed by atoms with Crippen molar-refractivity contribution in [2.45, 2.75) is 11.5 Å². The van der Waals surface area contributed by atoms with Gasteiger partial charge in [0.05, 0.1) is 16.0 Å². The molecule has 9 heteroatoms. The first-order chi connectivity index (χ1) is 12.3. The molecular formula is C17H12ClFN2O4S. The third-order valence-electron chi connectivity index (χ3n) is 3.60. The number of para-hydroxylation sites is 1. The van der Waals surface area contributed by atoms with Crippen molar-refractivity contribution in [1.82, 2.24) is 4.98 Å². The summed E-state index contributed by atoms with van der Waals surface area (Å²) in [6.45, 7) is -0.255. The molecule has 3 rings (SSSR count). The Morgan fingerprint density at radius 3 is 2.65 bits per heavy atom. The van der Waals surface area contributed by atoms with Gasteiger partial charge in [0.25, 0.3) is 0 Å². The Morgan fingerprint density at radius 1 is 1.19 bits per heavy atom. The minimum Gasteiger partial charge on any atom is -0.457 e. The lowest BCUT2D eigenvalue weighted by Crippen LogP contribution is -2.15. The smallest absolute Gasteiger partial charge is 0.341 e. The molecule has 1 heterocycles. The Labute approximate surface area is 153 Å². The highest BCUT2D eigenvalue weighted by Gasteiger charge is 2.18. The fourth-order valence-electron chi connectivity index (χ4n) is 2.30. The number of fused-ring (bicyclic) bond motifs is 1. The van der Waals surface area contributed by atoms with Crippen molar-refractivity contribution in [3.05, 3.63) is 70.6 Å². The minimum atomic E-state index is -4.08. The summed E-state index contributed by atoms with van der Waals surface area (Å²) in [7, 11) is -4.08. The van der Waals surface area contributed by atoms with Crippen LogP contribution in [-0.2, 0) is 21.4 Å². The predicted octanol–water partition coefficient (Wildman–Crippen LogP) is 3.03. The van der Waals surface area contributed by atoms with E-state index in [-0.39, 0.29) is 11.8 Å². The number of nitrogens with zero attached hydrogens (tertiary/aromatic N) is 1. The second kappa shape index (κ2) is 6.99. The quantitative estimate of drug-likeness (QED) is 0.541. The van der Waals surface area contributed by atoms with Gasteiger partial charge in [-0.2, -0.15) is 0 Å². The van der Waals surface area contributed by atoms with E-state index in [9.17, 15) is 17.6 Å². The Hall–Kier alpha value is -2.55. The van der Waals surface area contributed by atoms with E-state index in [2.05, 4.69) is 4.98 Å². The molecule has 0 aliphatic heterocycles. The van der Waals surface area contributed by atoms with Crippen LogP contribution >= 0.6 is 11.6 Å². The molecule has 0 unspecified atom stereocenters. The number of nitrogens with two attached hydrogens (primary N) is 1. The van der Waals surface area contributed by atoms with Crippen LogP contribution in [0.15, 0.2) is 53.4 Å². The molecule has 2 N–H and O–H groups in total. The van der Waals surface area contributed by atoms with Crippen molar-refractivity contribution in [2.75, 3.05) is 0 Å². The van der Waals surface area contributed by atoms with Crippen LogP contribution in [0.25, 0.3) is 10.9 Å². The van der Waals surface area contributed by atoms with Crippen LogP contribution in [0.4, 0.5) is 4.39 Å². The molecule has 0 radical (unpaired) electrons. The van der Waals surface area contributed by atoms with Crippen LogP contribution in [0.5, 0.6) is 0 Å². The molecule has 3 aromatic rings. The van der Waals surface area contributed by atoms with E-state index >= 15 is 0 Å². The zero-order chi connectivity index (χ0) is 18.9. The summed E-state index contributed by atoms with van der Waals surface area (Å²) < 4.78 is 41.6. The van der Waals surface area contributed by atoms with Crippen LogP contribution in [0.2, 0.25) is 5.15 Å². The number of sulfonamides is 1. The number of halogens is 2. The van der Waals surface area contributed by atoms with Gasteiger partial charge in [0, 0.05) is 10.9 Å². The summed E-state index contributed by atoms with van der Waals surface area (Å²) in [4.78, 5) is 15.9. The number of carbonyl (C=O) groups excluding carboxylic acids is 1. The van der Waals surface area contributed by atoms with Crippen molar-refractivity contribution in [2.24, 2.45) is 5.14 Å². The van der Waals surface area contributed by atoms with Crippen molar-refractivity contribution in [3.8, 4) is 0 Å². The predicted molar refractivity (Wildman–Crippen MR) is 93.6 cm³/mol. The van der Waals surface area contributed by atoms with Crippen molar-refractivity contribution in [1.29, 1.82) is 0 Å². The molecule has 0 atom stereocenters. The lowest BCUT2D eigenvalue weighted by atomic mass is 10.1. The molecule has 6 nitrogen and oxygen atoms in total. The summed E-state index contributed by atoms with van der Waals surface area (Å²) in [5, 5.41) is 5.93. The first-order valence-electron chi connectivity index (χ1n) is 7.29. The molecule has 0 saturated carbocycles. The number of rotatable bonds is 4. The SMILES string of the molecule is NS(=O)(=O)c1ccc(F)c(C(=O)OCc2cc3ccccc3nc2Cl)c1. The number of pyridine rings is 1. The second-order valence-corrected chi connectivity index (χ2v) is 7.31. The number of benzene rings is 2. The van der Waals surface area contributed by atoms with Gasteiger partial charge in [-0.25, -0.2) is 27.7 Å². The third kappa shape index (κ3) is 3.82. The fraction of sp³-hybridized carbons (Fsp3) is 0.0588. The van der Waals surface area contributed by atoms with Crippen molar-refractivity contribution >= 4 is 38.5 Å². The van der Waals surface area contributed by atoms with E-state index in [1.54, 1.807) is 12.1 Å². The highest BCUT2D eigenvalue weighted by molar-refractivity contribution is 7.89. The molecule has 134 valence electrons. The van der Waals surface area contributed by atoms with E-state index in [0.717, 1.165) is 23.6 Å². The summed E-state index contributed by atoms with van der Waals surface area (Å²) in [5.74, 6) is -1.97. The lowest BCUT2D eigenvalue weighted by molar-refractivity contribution is 0.0467. The summed E-state index contributed by atoms with van der Waals surface area (Å²) in [6.07, 6.45) is 0. The van der Waals surface area contributed by atoms with Crippen LogP contribution in [-0.4, -0.2) is 19.4 Å². The van der Waals surface area contributed by atoms with E-state index in [0.29, 0.717) is 11.1 Å². The van der Waals surface area contributed by atoms with Gasteiger partial charge in [0.2, 0.25) is 10.0 Å². The average Bonchev–Trinajstić information content (AvgIpc) is 2.59. The van der Waals surface area contributed by atoms with Gasteiger partial charge in [-0.3, -0.25) is 0 Å². The average molecular weight is 395 g/mol. The molecule has 2 aromatic carbocycles. The summed E-state index contributed by atoms with van der Waals surface area (Å²) in [6, 6.07) is 11.6. The van der Waals surface area contributed by atoms with Crippen LogP contribution in [0.1, 0.15) is 15.9 Å². The number of carbonyl (C=O) groups is 1. The van der Waals surface area contributed by atoms with Gasteiger partial charge < -0.3 is 4.74 Å². The molecule has 0 amide bonds. The first-order valence-corrected chi connectivity index (χ1v) is 9.22. The van der Waals surface area contributed by atoms with Gasteiger partial charge in [-0.05, 0) is 30.3 Å². The Kier molecular flexibility index (Phi) is 4.90. The largest absolute Gasteiger partial charge is 0.457 e. The number of esters is 1. The Morgan fingerprint density at radius 2 is 1.92 bits per heavy atom. The summed E-state index contributed by atoms with van der Waals surface area (Å²) in [5.41, 5.74) is 0.572. The Balaban J connectivity index is 1.84. The summed E-state index contributed by atoms with van der Waals surface area (Å²) >= 11 is 6.08. The van der Waals surface area contributed by atoms with Gasteiger partial charge in [0.15, 0.2) is 0 Å². The van der Waals surface area contributed by atoms with Crippen molar-refractivity contribution in [3.63, 3.8) is 0 Å². The van der Waals surface area contributed by atoms with E-state index in [4.69, 9.17) is 21.5 Å². The van der Waals surface area contributed by atoms with Gasteiger partial charge in [0.1, 0.15) is 17.6 Å². The monoisotopic (exact) mass is 394 g/mol.